The van der Waals surface area contributed by atoms with Gasteiger partial charge < -0.3 is 9.84 Å². The van der Waals surface area contributed by atoms with E-state index in [-0.39, 0.29) is 18.5 Å². The lowest BCUT2D eigenvalue weighted by Gasteiger charge is -2.12. The van der Waals surface area contributed by atoms with Gasteiger partial charge in [0.05, 0.1) is 6.10 Å². The second-order valence-corrected chi connectivity index (χ2v) is 7.89. The number of carbonyl (C=O) groups excluding carboxylic acids is 1. The maximum atomic E-state index is 11.8. The standard InChI is InChI=1S/C28H44O4/c1-3-4-5-6-7-8-9-10-11-12-13-14-15-16-17-18-19-20-21-25-28(31)32-26(2)23-22-24-27(29)30/h4-5,7-8,10-11,13-14,16-17,26H,3,6,9,12,15,18-25H2,1-2H3,(H,29,30)/b5-4-,8-7-,11-10-,14-13-,17-16-. The molecule has 0 spiro atoms. The van der Waals surface area contributed by atoms with Crippen molar-refractivity contribution in [1.29, 1.82) is 0 Å². The molecule has 0 saturated heterocycles. The van der Waals surface area contributed by atoms with Crippen LogP contribution in [0.25, 0.3) is 0 Å². The van der Waals surface area contributed by atoms with E-state index in [1.54, 1.807) is 0 Å². The minimum Gasteiger partial charge on any atom is -0.481 e. The van der Waals surface area contributed by atoms with Gasteiger partial charge in [-0.15, -0.1) is 0 Å². The third-order valence-electron chi connectivity index (χ3n) is 4.74. The average molecular weight is 445 g/mol. The highest BCUT2D eigenvalue weighted by atomic mass is 16.5. The van der Waals surface area contributed by atoms with Gasteiger partial charge in [-0.2, -0.15) is 0 Å². The number of carbonyl (C=O) groups is 2. The van der Waals surface area contributed by atoms with Crippen LogP contribution in [0.15, 0.2) is 60.8 Å². The lowest BCUT2D eigenvalue weighted by atomic mass is 10.1. The molecule has 0 aromatic carbocycles. The Kier molecular flexibility index (Phi) is 21.6. The quantitative estimate of drug-likeness (QED) is 0.118. The van der Waals surface area contributed by atoms with Crippen LogP contribution in [0.2, 0.25) is 0 Å². The summed E-state index contributed by atoms with van der Waals surface area (Å²) < 4.78 is 5.31. The first-order chi connectivity index (χ1) is 15.6. The fraction of sp³-hybridized carbons (Fsp3) is 0.571. The van der Waals surface area contributed by atoms with Gasteiger partial charge in [-0.1, -0.05) is 74.1 Å². The Balaban J connectivity index is 3.54. The summed E-state index contributed by atoms with van der Waals surface area (Å²) in [4.78, 5) is 22.2. The van der Waals surface area contributed by atoms with E-state index in [1.165, 1.54) is 0 Å². The minimum absolute atomic E-state index is 0.123. The van der Waals surface area contributed by atoms with Crippen molar-refractivity contribution in [3.05, 3.63) is 60.8 Å². The molecule has 0 saturated carbocycles. The number of aliphatic carboxylic acids is 1. The lowest BCUT2D eigenvalue weighted by molar-refractivity contribution is -0.148. The summed E-state index contributed by atoms with van der Waals surface area (Å²) in [6, 6.07) is 0. The Morgan fingerprint density at radius 1 is 0.719 bits per heavy atom. The van der Waals surface area contributed by atoms with Gasteiger partial charge in [-0.05, 0) is 71.1 Å². The smallest absolute Gasteiger partial charge is 0.306 e. The highest BCUT2D eigenvalue weighted by Crippen LogP contribution is 2.09. The van der Waals surface area contributed by atoms with Crippen LogP contribution in [0.1, 0.15) is 97.3 Å². The maximum Gasteiger partial charge on any atom is 0.306 e. The van der Waals surface area contributed by atoms with Gasteiger partial charge in [-0.3, -0.25) is 9.59 Å². The summed E-state index contributed by atoms with van der Waals surface area (Å²) in [5.41, 5.74) is 0. The van der Waals surface area contributed by atoms with Crippen molar-refractivity contribution in [3.8, 4) is 0 Å². The number of hydrogen-bond donors (Lipinski definition) is 1. The zero-order valence-electron chi connectivity index (χ0n) is 20.2. The molecule has 0 heterocycles. The largest absolute Gasteiger partial charge is 0.481 e. The molecular weight excluding hydrogens is 400 g/mol. The molecule has 0 rings (SSSR count). The number of rotatable bonds is 20. The van der Waals surface area contributed by atoms with Crippen LogP contribution >= 0.6 is 0 Å². The number of unbranched alkanes of at least 4 members (excludes halogenated alkanes) is 3. The van der Waals surface area contributed by atoms with Gasteiger partial charge in [0.15, 0.2) is 0 Å². The summed E-state index contributed by atoms with van der Waals surface area (Å²) >= 11 is 0. The average Bonchev–Trinajstić information content (AvgIpc) is 2.75. The zero-order chi connectivity index (χ0) is 23.7. The third kappa shape index (κ3) is 23.9. The molecule has 0 aliphatic rings. The molecule has 32 heavy (non-hydrogen) atoms. The van der Waals surface area contributed by atoms with Gasteiger partial charge in [0.25, 0.3) is 0 Å². The van der Waals surface area contributed by atoms with Crippen molar-refractivity contribution in [2.24, 2.45) is 0 Å². The summed E-state index contributed by atoms with van der Waals surface area (Å²) in [6.45, 7) is 3.97. The maximum absolute atomic E-state index is 11.8. The number of esters is 1. The molecule has 1 atom stereocenters. The number of carboxylic acid groups (broad SMARTS) is 1. The Morgan fingerprint density at radius 3 is 1.78 bits per heavy atom. The minimum atomic E-state index is -0.809. The molecule has 1 N–H and O–H groups in total. The van der Waals surface area contributed by atoms with E-state index in [0.717, 1.165) is 57.8 Å². The van der Waals surface area contributed by atoms with Crippen molar-refractivity contribution in [3.63, 3.8) is 0 Å². The SMILES string of the molecule is CC/C=C\C/C=C\C/C=C\C/C=C\C/C=C\CCCCCC(=O)OC(C)CCCC(=O)O. The van der Waals surface area contributed by atoms with Crippen LogP contribution in [0.5, 0.6) is 0 Å². The topological polar surface area (TPSA) is 63.6 Å². The molecule has 1 unspecified atom stereocenters. The molecule has 180 valence electrons. The first-order valence-electron chi connectivity index (χ1n) is 12.2. The monoisotopic (exact) mass is 444 g/mol. The van der Waals surface area contributed by atoms with Gasteiger partial charge >= 0.3 is 11.9 Å². The van der Waals surface area contributed by atoms with Crippen molar-refractivity contribution in [1.82, 2.24) is 0 Å². The van der Waals surface area contributed by atoms with Gasteiger partial charge in [0.2, 0.25) is 0 Å². The molecule has 0 bridgehead atoms. The van der Waals surface area contributed by atoms with Crippen molar-refractivity contribution < 1.29 is 19.4 Å². The van der Waals surface area contributed by atoms with Crippen molar-refractivity contribution in [2.45, 2.75) is 103 Å². The van der Waals surface area contributed by atoms with Crippen molar-refractivity contribution in [2.75, 3.05) is 0 Å². The predicted octanol–water partition coefficient (Wildman–Crippen LogP) is 7.87. The van der Waals surface area contributed by atoms with Crippen LogP contribution in [0, 0.1) is 0 Å². The molecule has 0 aromatic heterocycles. The number of carboxylic acids is 1. The van der Waals surface area contributed by atoms with Crippen LogP contribution in [0.4, 0.5) is 0 Å². The van der Waals surface area contributed by atoms with E-state index in [4.69, 9.17) is 9.84 Å². The summed E-state index contributed by atoms with van der Waals surface area (Å²) in [5.74, 6) is -0.987. The van der Waals surface area contributed by atoms with Gasteiger partial charge in [0, 0.05) is 12.8 Å². The van der Waals surface area contributed by atoms with E-state index >= 15 is 0 Å². The second-order valence-electron chi connectivity index (χ2n) is 7.89. The predicted molar refractivity (Wildman–Crippen MR) is 135 cm³/mol. The normalized spacial score (nSPS) is 13.3. The van der Waals surface area contributed by atoms with Crippen LogP contribution in [-0.4, -0.2) is 23.1 Å². The highest BCUT2D eigenvalue weighted by Gasteiger charge is 2.09. The first kappa shape index (κ1) is 29.6. The number of ether oxygens (including phenoxy) is 1. The Bertz CT molecular complexity index is 611. The molecule has 0 fully saturated rings. The van der Waals surface area contributed by atoms with Crippen molar-refractivity contribution >= 4 is 11.9 Å². The summed E-state index contributed by atoms with van der Waals surface area (Å²) in [5, 5.41) is 8.61. The number of allylic oxidation sites excluding steroid dienone is 10. The van der Waals surface area contributed by atoms with E-state index in [2.05, 4.69) is 67.7 Å². The van der Waals surface area contributed by atoms with E-state index in [0.29, 0.717) is 19.3 Å². The molecule has 0 radical (unpaired) electrons. The summed E-state index contributed by atoms with van der Waals surface area (Å²) in [6.07, 6.45) is 32.5. The first-order valence-corrected chi connectivity index (χ1v) is 12.2. The molecular formula is C28H44O4. The van der Waals surface area contributed by atoms with Gasteiger partial charge in [0.1, 0.15) is 0 Å². The molecule has 4 nitrogen and oxygen atoms in total. The van der Waals surface area contributed by atoms with Crippen LogP contribution < -0.4 is 0 Å². The molecule has 0 aliphatic carbocycles. The second kappa shape index (κ2) is 23.3. The van der Waals surface area contributed by atoms with Crippen LogP contribution in [-0.2, 0) is 14.3 Å². The Labute approximate surface area is 195 Å². The number of hydrogen-bond acceptors (Lipinski definition) is 3. The van der Waals surface area contributed by atoms with E-state index in [9.17, 15) is 9.59 Å². The Hall–Kier alpha value is -2.36. The zero-order valence-corrected chi connectivity index (χ0v) is 20.2. The van der Waals surface area contributed by atoms with E-state index < -0.39 is 5.97 Å². The van der Waals surface area contributed by atoms with E-state index in [1.807, 2.05) is 6.92 Å². The van der Waals surface area contributed by atoms with Crippen LogP contribution in [0.3, 0.4) is 0 Å². The summed E-state index contributed by atoms with van der Waals surface area (Å²) in [7, 11) is 0. The molecule has 4 heteroatoms. The molecule has 0 aliphatic heterocycles. The lowest BCUT2D eigenvalue weighted by Crippen LogP contribution is -2.15. The Morgan fingerprint density at radius 2 is 1.25 bits per heavy atom. The third-order valence-corrected chi connectivity index (χ3v) is 4.74. The molecule has 0 aromatic rings. The fourth-order valence-corrected chi connectivity index (χ4v) is 2.96. The van der Waals surface area contributed by atoms with Gasteiger partial charge in [-0.25, -0.2) is 0 Å². The fourth-order valence-electron chi connectivity index (χ4n) is 2.96. The molecule has 0 amide bonds. The highest BCUT2D eigenvalue weighted by molar-refractivity contribution is 5.69.